The molecule has 0 aromatic heterocycles. The largest absolute Gasteiger partial charge is 0.481 e. The summed E-state index contributed by atoms with van der Waals surface area (Å²) in [5.41, 5.74) is 0.360. The lowest BCUT2D eigenvalue weighted by molar-refractivity contribution is -0.141. The average molecular weight is 576 g/mol. The molecule has 0 radical (unpaired) electrons. The third-order valence-electron chi connectivity index (χ3n) is 7.35. The van der Waals surface area contributed by atoms with Crippen LogP contribution in [0.25, 0.3) is 0 Å². The lowest BCUT2D eigenvalue weighted by atomic mass is 9.99. The van der Waals surface area contributed by atoms with Crippen molar-refractivity contribution in [3.63, 3.8) is 0 Å². The minimum atomic E-state index is -1.21. The number of Topliss-reactive ketones (excluding diaryl/α,β-unsaturated/α-hetero) is 1. The molecule has 4 N–H and O–H groups in total. The third kappa shape index (κ3) is 17.2. The Labute approximate surface area is 244 Å². The summed E-state index contributed by atoms with van der Waals surface area (Å²) in [6.07, 6.45) is 16.0. The molecule has 1 aromatic rings. The van der Waals surface area contributed by atoms with Crippen LogP contribution in [0.1, 0.15) is 150 Å². The Kier molecular flexibility index (Phi) is 18.8. The molecule has 0 saturated carbocycles. The Morgan fingerprint density at radius 1 is 0.659 bits per heavy atom. The van der Waals surface area contributed by atoms with Gasteiger partial charge in [0, 0.05) is 24.8 Å². The van der Waals surface area contributed by atoms with Gasteiger partial charge in [-0.1, -0.05) is 84.0 Å². The zero-order valence-corrected chi connectivity index (χ0v) is 24.6. The van der Waals surface area contributed by atoms with E-state index >= 15 is 0 Å². The predicted octanol–water partition coefficient (Wildman–Crippen LogP) is 7.72. The highest BCUT2D eigenvalue weighted by Gasteiger charge is 2.16. The van der Waals surface area contributed by atoms with Crippen molar-refractivity contribution >= 4 is 35.3 Å². The molecule has 0 spiro atoms. The van der Waals surface area contributed by atoms with Crippen molar-refractivity contribution in [2.75, 3.05) is 5.32 Å². The van der Waals surface area contributed by atoms with Gasteiger partial charge < -0.3 is 20.6 Å². The number of benzene rings is 1. The summed E-state index contributed by atoms with van der Waals surface area (Å²) < 4.78 is 0. The molecule has 0 fully saturated rings. The molecule has 0 saturated heterocycles. The standard InChI is InChI=1S/C32H49NO8/c1-24(31(38)39)17-13-12-14-18-28(34)25-21-22-27(26(23-25)32(40)41)33-29(35)19-15-10-8-6-4-2-3-5-7-9-11-16-20-30(36)37/h21-24H,2-20H2,1H3,(H,33,35)(H,36,37)(H,38,39)(H,40,41). The number of carboxylic acid groups (broad SMARTS) is 3. The van der Waals surface area contributed by atoms with Gasteiger partial charge in [0.2, 0.25) is 5.91 Å². The van der Waals surface area contributed by atoms with E-state index in [0.717, 1.165) is 57.8 Å². The highest BCUT2D eigenvalue weighted by molar-refractivity contribution is 6.04. The number of carbonyl (C=O) groups is 5. The fourth-order valence-corrected chi connectivity index (χ4v) is 4.73. The van der Waals surface area contributed by atoms with Crippen LogP contribution in [0.5, 0.6) is 0 Å². The Bertz CT molecular complexity index is 974. The Morgan fingerprint density at radius 2 is 1.15 bits per heavy atom. The number of hydrogen-bond donors (Lipinski definition) is 4. The van der Waals surface area contributed by atoms with Crippen LogP contribution < -0.4 is 5.32 Å². The second-order valence-electron chi connectivity index (χ2n) is 11.0. The van der Waals surface area contributed by atoms with Gasteiger partial charge in [0.25, 0.3) is 0 Å². The maximum atomic E-state index is 12.5. The van der Waals surface area contributed by atoms with Gasteiger partial charge in [0.1, 0.15) is 0 Å². The summed E-state index contributed by atoms with van der Waals surface area (Å²) in [4.78, 5) is 58.0. The molecule has 0 heterocycles. The minimum Gasteiger partial charge on any atom is -0.481 e. The SMILES string of the molecule is CC(CCCCCC(=O)c1ccc(NC(=O)CCCCCCCCCCCCCCC(=O)O)c(C(=O)O)c1)C(=O)O. The van der Waals surface area contributed by atoms with Crippen molar-refractivity contribution in [2.45, 2.75) is 129 Å². The van der Waals surface area contributed by atoms with Gasteiger partial charge in [-0.25, -0.2) is 4.79 Å². The molecule has 41 heavy (non-hydrogen) atoms. The first-order chi connectivity index (χ1) is 19.6. The summed E-state index contributed by atoms with van der Waals surface area (Å²) in [5.74, 6) is -3.59. The number of carbonyl (C=O) groups excluding carboxylic acids is 2. The molecule has 0 bridgehead atoms. The van der Waals surface area contributed by atoms with Crippen molar-refractivity contribution in [2.24, 2.45) is 5.92 Å². The molecule has 9 heteroatoms. The summed E-state index contributed by atoms with van der Waals surface area (Å²) in [6.45, 7) is 1.66. The zero-order chi connectivity index (χ0) is 30.5. The van der Waals surface area contributed by atoms with E-state index in [9.17, 15) is 29.1 Å². The number of aliphatic carboxylic acids is 2. The Morgan fingerprint density at radius 3 is 1.66 bits per heavy atom. The summed E-state index contributed by atoms with van der Waals surface area (Å²) >= 11 is 0. The molecular formula is C32H49NO8. The number of hydrogen-bond acceptors (Lipinski definition) is 5. The molecule has 9 nitrogen and oxygen atoms in total. The third-order valence-corrected chi connectivity index (χ3v) is 7.35. The Balaban J connectivity index is 2.25. The number of aromatic carboxylic acids is 1. The van der Waals surface area contributed by atoms with E-state index in [1.54, 1.807) is 6.92 Å². The zero-order valence-electron chi connectivity index (χ0n) is 24.6. The minimum absolute atomic E-state index is 0.111. The molecule has 1 atom stereocenters. The second kappa shape index (κ2) is 21.5. The van der Waals surface area contributed by atoms with Crippen LogP contribution in [-0.2, 0) is 14.4 Å². The van der Waals surface area contributed by atoms with E-state index in [1.807, 2.05) is 0 Å². The van der Waals surface area contributed by atoms with Crippen LogP contribution in [0.4, 0.5) is 5.69 Å². The Hall–Kier alpha value is -3.23. The number of anilines is 1. The van der Waals surface area contributed by atoms with Crippen LogP contribution in [0.15, 0.2) is 18.2 Å². The van der Waals surface area contributed by atoms with E-state index in [1.165, 1.54) is 43.9 Å². The van der Waals surface area contributed by atoms with Crippen molar-refractivity contribution in [3.8, 4) is 0 Å². The molecular weight excluding hydrogens is 526 g/mol. The number of amides is 1. The van der Waals surface area contributed by atoms with E-state index in [2.05, 4.69) is 5.32 Å². The highest BCUT2D eigenvalue weighted by Crippen LogP contribution is 2.21. The highest BCUT2D eigenvalue weighted by atomic mass is 16.4. The number of carboxylic acids is 3. The van der Waals surface area contributed by atoms with Crippen LogP contribution in [0, 0.1) is 5.92 Å². The molecule has 0 aliphatic rings. The molecule has 1 rings (SSSR count). The van der Waals surface area contributed by atoms with Crippen LogP contribution in [0.2, 0.25) is 0 Å². The quantitative estimate of drug-likeness (QED) is 0.0681. The molecule has 1 aromatic carbocycles. The molecule has 0 aliphatic carbocycles. The first-order valence-electron chi connectivity index (χ1n) is 15.3. The van der Waals surface area contributed by atoms with Crippen LogP contribution in [0.3, 0.4) is 0 Å². The number of ketones is 1. The molecule has 0 aliphatic heterocycles. The fourth-order valence-electron chi connectivity index (χ4n) is 4.73. The van der Waals surface area contributed by atoms with Gasteiger partial charge in [0.05, 0.1) is 17.2 Å². The monoisotopic (exact) mass is 575 g/mol. The van der Waals surface area contributed by atoms with E-state index in [4.69, 9.17) is 10.2 Å². The van der Waals surface area contributed by atoms with Crippen molar-refractivity contribution in [1.82, 2.24) is 0 Å². The van der Waals surface area contributed by atoms with Gasteiger partial charge in [-0.05, 0) is 43.9 Å². The molecule has 230 valence electrons. The average Bonchev–Trinajstić information content (AvgIpc) is 2.92. The molecule has 1 unspecified atom stereocenters. The maximum absolute atomic E-state index is 12.5. The van der Waals surface area contributed by atoms with Crippen molar-refractivity contribution < 1.29 is 39.3 Å². The van der Waals surface area contributed by atoms with Crippen LogP contribution in [-0.4, -0.2) is 44.9 Å². The molecule has 1 amide bonds. The lowest BCUT2D eigenvalue weighted by Gasteiger charge is -2.11. The van der Waals surface area contributed by atoms with E-state index < -0.39 is 23.8 Å². The van der Waals surface area contributed by atoms with Gasteiger partial charge in [0.15, 0.2) is 5.78 Å². The summed E-state index contributed by atoms with van der Waals surface area (Å²) in [5, 5.41) is 29.8. The topological polar surface area (TPSA) is 158 Å². The van der Waals surface area contributed by atoms with Gasteiger partial charge >= 0.3 is 17.9 Å². The van der Waals surface area contributed by atoms with E-state index in [0.29, 0.717) is 25.7 Å². The van der Waals surface area contributed by atoms with Gasteiger partial charge in [-0.15, -0.1) is 0 Å². The van der Waals surface area contributed by atoms with Crippen molar-refractivity contribution in [3.05, 3.63) is 29.3 Å². The second-order valence-corrected chi connectivity index (χ2v) is 11.0. The number of rotatable bonds is 25. The van der Waals surface area contributed by atoms with E-state index in [-0.39, 0.29) is 41.3 Å². The smallest absolute Gasteiger partial charge is 0.337 e. The normalized spacial score (nSPS) is 11.6. The number of nitrogens with one attached hydrogen (secondary N) is 1. The maximum Gasteiger partial charge on any atom is 0.337 e. The lowest BCUT2D eigenvalue weighted by Crippen LogP contribution is -2.15. The fraction of sp³-hybridized carbons (Fsp3) is 0.656. The first-order valence-corrected chi connectivity index (χ1v) is 15.3. The first kappa shape index (κ1) is 35.8. The van der Waals surface area contributed by atoms with Gasteiger partial charge in [-0.2, -0.15) is 0 Å². The predicted molar refractivity (Wildman–Crippen MR) is 159 cm³/mol. The number of unbranched alkanes of at least 4 members (excludes halogenated alkanes) is 13. The van der Waals surface area contributed by atoms with Gasteiger partial charge in [-0.3, -0.25) is 19.2 Å². The summed E-state index contributed by atoms with van der Waals surface area (Å²) in [6, 6.07) is 4.32. The van der Waals surface area contributed by atoms with Crippen molar-refractivity contribution in [1.29, 1.82) is 0 Å². The van der Waals surface area contributed by atoms with Crippen LogP contribution >= 0.6 is 0 Å². The summed E-state index contributed by atoms with van der Waals surface area (Å²) in [7, 11) is 0.